The lowest BCUT2D eigenvalue weighted by atomic mass is 10.2. The van der Waals surface area contributed by atoms with E-state index in [1.807, 2.05) is 0 Å². The van der Waals surface area contributed by atoms with Crippen LogP contribution in [0.15, 0.2) is 16.6 Å². The predicted molar refractivity (Wildman–Crippen MR) is 72.5 cm³/mol. The van der Waals surface area contributed by atoms with Crippen LogP contribution in [-0.2, 0) is 4.79 Å². The molecule has 0 saturated heterocycles. The minimum Gasteiger partial charge on any atom is -0.382 e. The lowest BCUT2D eigenvalue weighted by Crippen LogP contribution is -2.22. The fourth-order valence-electron chi connectivity index (χ4n) is 1.40. The van der Waals surface area contributed by atoms with E-state index in [2.05, 4.69) is 26.6 Å². The van der Waals surface area contributed by atoms with Crippen molar-refractivity contribution in [1.29, 1.82) is 0 Å². The van der Waals surface area contributed by atoms with Crippen LogP contribution >= 0.6 is 15.9 Å². The van der Waals surface area contributed by atoms with E-state index in [-0.39, 0.29) is 17.3 Å². The molecule has 0 atom stereocenters. The Morgan fingerprint density at radius 2 is 2.16 bits per heavy atom. The Kier molecular flexibility index (Phi) is 5.68. The Balaban J connectivity index is 2.59. The van der Waals surface area contributed by atoms with Gasteiger partial charge in [-0.2, -0.15) is 0 Å². The summed E-state index contributed by atoms with van der Waals surface area (Å²) in [6.45, 7) is 2.34. The third-order valence-corrected chi connectivity index (χ3v) is 2.89. The minimum atomic E-state index is -0.694. The number of carbonyl (C=O) groups excluding carboxylic acids is 1. The quantitative estimate of drug-likeness (QED) is 0.475. The van der Waals surface area contributed by atoms with Crippen LogP contribution in [0.1, 0.15) is 13.3 Å². The van der Waals surface area contributed by atoms with Crippen molar-refractivity contribution in [2.45, 2.75) is 13.3 Å². The van der Waals surface area contributed by atoms with Crippen LogP contribution in [0.3, 0.4) is 0 Å². The zero-order valence-corrected chi connectivity index (χ0v) is 11.8. The molecule has 0 saturated carbocycles. The number of amides is 1. The number of nitrogens with one attached hydrogen (secondary N) is 2. The third-order valence-electron chi connectivity index (χ3n) is 2.27. The van der Waals surface area contributed by atoms with Crippen molar-refractivity contribution in [3.63, 3.8) is 0 Å². The normalized spacial score (nSPS) is 10.1. The Morgan fingerprint density at radius 3 is 2.68 bits per heavy atom. The second kappa shape index (κ2) is 7.03. The summed E-state index contributed by atoms with van der Waals surface area (Å²) < 4.78 is 13.9. The number of hydrogen-bond donors (Lipinski definition) is 2. The number of carbonyl (C=O) groups is 1. The average molecular weight is 334 g/mol. The minimum absolute atomic E-state index is 0.123. The molecular formula is C11H13BrFN3O3. The monoisotopic (exact) mass is 333 g/mol. The largest absolute Gasteiger partial charge is 0.382 e. The van der Waals surface area contributed by atoms with E-state index in [0.29, 0.717) is 24.0 Å². The molecule has 6 nitrogen and oxygen atoms in total. The van der Waals surface area contributed by atoms with Gasteiger partial charge in [0.25, 0.3) is 5.69 Å². The van der Waals surface area contributed by atoms with Gasteiger partial charge in [-0.15, -0.1) is 0 Å². The summed E-state index contributed by atoms with van der Waals surface area (Å²) in [5.74, 6) is -0.816. The summed E-state index contributed by atoms with van der Waals surface area (Å²) >= 11 is 3.08. The highest BCUT2D eigenvalue weighted by atomic mass is 79.9. The van der Waals surface area contributed by atoms with E-state index in [1.54, 1.807) is 0 Å². The first-order chi connectivity index (χ1) is 8.91. The summed E-state index contributed by atoms with van der Waals surface area (Å²) in [5.41, 5.74) is -0.137. The van der Waals surface area contributed by atoms with Crippen molar-refractivity contribution < 1.29 is 14.1 Å². The molecule has 1 aromatic carbocycles. The number of nitrogens with zero attached hydrogens (tertiary/aromatic N) is 1. The molecule has 1 amide bonds. The molecule has 0 radical (unpaired) electrons. The third kappa shape index (κ3) is 4.82. The van der Waals surface area contributed by atoms with Gasteiger partial charge in [0.2, 0.25) is 5.91 Å². The van der Waals surface area contributed by atoms with E-state index < -0.39 is 10.7 Å². The molecule has 104 valence electrons. The molecule has 0 fully saturated rings. The summed E-state index contributed by atoms with van der Waals surface area (Å²) in [6, 6.07) is 2.10. The van der Waals surface area contributed by atoms with Crippen LogP contribution in [0.5, 0.6) is 0 Å². The Hall–Kier alpha value is -1.70. The number of halogens is 2. The second-order valence-electron chi connectivity index (χ2n) is 3.80. The van der Waals surface area contributed by atoms with Crippen molar-refractivity contribution in [2.75, 3.05) is 18.4 Å². The van der Waals surface area contributed by atoms with Gasteiger partial charge in [0, 0.05) is 26.1 Å². The molecule has 0 aliphatic carbocycles. The van der Waals surface area contributed by atoms with E-state index in [4.69, 9.17) is 0 Å². The number of nitro groups is 1. The molecule has 0 unspecified atom stereocenters. The molecule has 19 heavy (non-hydrogen) atoms. The number of nitro benzene ring substituents is 1. The number of non-ortho nitro benzene ring substituents is 1. The first kappa shape index (κ1) is 15.4. The highest BCUT2D eigenvalue weighted by molar-refractivity contribution is 9.10. The fourth-order valence-corrected chi connectivity index (χ4v) is 1.96. The highest BCUT2D eigenvalue weighted by Gasteiger charge is 2.14. The van der Waals surface area contributed by atoms with Crippen LogP contribution in [0.25, 0.3) is 0 Å². The van der Waals surface area contributed by atoms with E-state index in [9.17, 15) is 19.3 Å². The zero-order chi connectivity index (χ0) is 14.4. The lowest BCUT2D eigenvalue weighted by Gasteiger charge is -2.09. The smallest absolute Gasteiger partial charge is 0.273 e. The van der Waals surface area contributed by atoms with Gasteiger partial charge in [-0.1, -0.05) is 0 Å². The fraction of sp³-hybridized carbons (Fsp3) is 0.364. The number of benzene rings is 1. The maximum atomic E-state index is 13.6. The predicted octanol–water partition coefficient (Wildman–Crippen LogP) is 2.43. The lowest BCUT2D eigenvalue weighted by molar-refractivity contribution is -0.385. The second-order valence-corrected chi connectivity index (χ2v) is 4.66. The van der Waals surface area contributed by atoms with Crippen molar-refractivity contribution in [3.8, 4) is 0 Å². The molecule has 1 aromatic rings. The molecule has 0 aromatic heterocycles. The number of anilines is 1. The van der Waals surface area contributed by atoms with Crippen LogP contribution in [0.2, 0.25) is 0 Å². The standard InChI is InChI=1S/C11H13BrFN3O3/c1-7(17)14-3-2-4-15-11-9(12)5-8(16(18)19)6-10(11)13/h5-6,15H,2-4H2,1H3,(H,14,17). The average Bonchev–Trinajstić information content (AvgIpc) is 2.30. The maximum Gasteiger partial charge on any atom is 0.273 e. The van der Waals surface area contributed by atoms with Crippen LogP contribution in [-0.4, -0.2) is 23.9 Å². The van der Waals surface area contributed by atoms with Gasteiger partial charge in [-0.25, -0.2) is 4.39 Å². The zero-order valence-electron chi connectivity index (χ0n) is 10.2. The molecule has 8 heteroatoms. The topological polar surface area (TPSA) is 84.3 Å². The Labute approximate surface area is 117 Å². The van der Waals surface area contributed by atoms with Gasteiger partial charge in [0.1, 0.15) is 0 Å². The molecule has 0 spiro atoms. The molecule has 0 heterocycles. The summed E-state index contributed by atoms with van der Waals surface area (Å²) in [5, 5.41) is 16.0. The van der Waals surface area contributed by atoms with Crippen LogP contribution in [0.4, 0.5) is 15.8 Å². The van der Waals surface area contributed by atoms with Crippen LogP contribution in [0, 0.1) is 15.9 Å². The molecule has 0 aliphatic rings. The summed E-state index contributed by atoms with van der Waals surface area (Å²) in [7, 11) is 0. The number of hydrogen-bond acceptors (Lipinski definition) is 4. The SMILES string of the molecule is CC(=O)NCCCNc1c(F)cc([N+](=O)[O-])cc1Br. The first-order valence-electron chi connectivity index (χ1n) is 5.53. The van der Waals surface area contributed by atoms with Gasteiger partial charge < -0.3 is 10.6 Å². The molecule has 2 N–H and O–H groups in total. The first-order valence-corrected chi connectivity index (χ1v) is 6.33. The van der Waals surface area contributed by atoms with Crippen molar-refractivity contribution in [1.82, 2.24) is 5.32 Å². The Bertz CT molecular complexity index is 473. The van der Waals surface area contributed by atoms with Gasteiger partial charge in [-0.3, -0.25) is 14.9 Å². The number of rotatable bonds is 6. The van der Waals surface area contributed by atoms with E-state index >= 15 is 0 Å². The van der Waals surface area contributed by atoms with Crippen molar-refractivity contribution in [2.24, 2.45) is 0 Å². The summed E-state index contributed by atoms with van der Waals surface area (Å²) in [4.78, 5) is 20.5. The Morgan fingerprint density at radius 1 is 1.47 bits per heavy atom. The van der Waals surface area contributed by atoms with Gasteiger partial charge >= 0.3 is 0 Å². The molecule has 1 rings (SSSR count). The molecular weight excluding hydrogens is 321 g/mol. The van der Waals surface area contributed by atoms with Gasteiger partial charge in [-0.05, 0) is 22.4 Å². The molecule has 0 aliphatic heterocycles. The van der Waals surface area contributed by atoms with E-state index in [1.165, 1.54) is 13.0 Å². The molecule has 0 bridgehead atoms. The van der Waals surface area contributed by atoms with Gasteiger partial charge in [0.15, 0.2) is 5.82 Å². The van der Waals surface area contributed by atoms with Crippen molar-refractivity contribution in [3.05, 3.63) is 32.5 Å². The highest BCUT2D eigenvalue weighted by Crippen LogP contribution is 2.30. The summed E-state index contributed by atoms with van der Waals surface area (Å²) in [6.07, 6.45) is 0.614. The maximum absolute atomic E-state index is 13.6. The van der Waals surface area contributed by atoms with Gasteiger partial charge in [0.05, 0.1) is 21.1 Å². The van der Waals surface area contributed by atoms with Crippen molar-refractivity contribution >= 4 is 33.2 Å². The van der Waals surface area contributed by atoms with E-state index in [0.717, 1.165) is 6.07 Å². The van der Waals surface area contributed by atoms with Crippen LogP contribution < -0.4 is 10.6 Å².